The summed E-state index contributed by atoms with van der Waals surface area (Å²) in [6.45, 7) is 8.93. The number of phenolic OH excluding ortho intramolecular Hbond substituents is 1. The third kappa shape index (κ3) is 4.46. The molecule has 0 radical (unpaired) electrons. The zero-order chi connectivity index (χ0) is 22.2. The maximum absolute atomic E-state index is 14.2. The van der Waals surface area contributed by atoms with Crippen LogP contribution in [0.1, 0.15) is 69.3 Å². The van der Waals surface area contributed by atoms with E-state index in [0.29, 0.717) is 30.5 Å². The van der Waals surface area contributed by atoms with Gasteiger partial charge in [-0.3, -0.25) is 14.9 Å². The summed E-state index contributed by atoms with van der Waals surface area (Å²) in [4.78, 5) is 25.9. The highest BCUT2D eigenvalue weighted by Gasteiger charge is 2.38. The summed E-state index contributed by atoms with van der Waals surface area (Å²) in [5, 5.41) is 22.4. The number of carbonyl (C=O) groups excluding carboxylic acids is 1. The highest BCUT2D eigenvalue weighted by molar-refractivity contribution is 5.99. The van der Waals surface area contributed by atoms with E-state index in [1.165, 1.54) is 6.07 Å². The molecule has 1 aromatic carbocycles. The van der Waals surface area contributed by atoms with E-state index in [-0.39, 0.29) is 22.9 Å². The Morgan fingerprint density at radius 3 is 2.47 bits per heavy atom. The van der Waals surface area contributed by atoms with Crippen molar-refractivity contribution in [3.63, 3.8) is 0 Å². The fourth-order valence-corrected chi connectivity index (χ4v) is 4.96. The van der Waals surface area contributed by atoms with E-state index >= 15 is 0 Å². The zero-order valence-corrected chi connectivity index (χ0v) is 18.2. The summed E-state index contributed by atoms with van der Waals surface area (Å²) in [5.41, 5.74) is 0.337. The first-order chi connectivity index (χ1) is 14.0. The molecule has 0 bridgehead atoms. The number of hydrogen-bond acceptors (Lipinski definition) is 4. The summed E-state index contributed by atoms with van der Waals surface area (Å²) in [5.74, 6) is -1.78. The van der Waals surface area contributed by atoms with E-state index in [4.69, 9.17) is 0 Å². The summed E-state index contributed by atoms with van der Waals surface area (Å²) in [7, 11) is 0. The first-order valence-corrected chi connectivity index (χ1v) is 10.8. The van der Waals surface area contributed by atoms with Gasteiger partial charge in [0.05, 0.1) is 5.56 Å². The molecule has 0 unspecified atom stereocenters. The Morgan fingerprint density at radius 2 is 1.90 bits per heavy atom. The van der Waals surface area contributed by atoms with Crippen LogP contribution in [0.3, 0.4) is 0 Å². The number of hydrogen-bond donors (Lipinski definition) is 3. The minimum atomic E-state index is -0.824. The SMILES string of the molecule is CC(C)[C@@H](NC(C)(C)C1CCC(CN2Cc3ccc(O)c(F)c3C2=O)CC1)C(=O)O. The lowest BCUT2D eigenvalue weighted by atomic mass is 9.72. The van der Waals surface area contributed by atoms with Crippen LogP contribution in [0.25, 0.3) is 0 Å². The van der Waals surface area contributed by atoms with Crippen molar-refractivity contribution in [3.05, 3.63) is 29.1 Å². The molecule has 6 nitrogen and oxygen atoms in total. The number of aromatic hydroxyl groups is 1. The highest BCUT2D eigenvalue weighted by Crippen LogP contribution is 2.38. The Labute approximate surface area is 177 Å². The number of phenols is 1. The van der Waals surface area contributed by atoms with Crippen molar-refractivity contribution in [1.29, 1.82) is 0 Å². The molecule has 0 saturated heterocycles. The molecule has 166 valence electrons. The molecular weight excluding hydrogens is 387 g/mol. The molecule has 1 aromatic rings. The Hall–Kier alpha value is -2.15. The number of fused-ring (bicyclic) bond motifs is 1. The van der Waals surface area contributed by atoms with E-state index in [1.54, 1.807) is 11.0 Å². The summed E-state index contributed by atoms with van der Waals surface area (Å²) in [6, 6.07) is 2.33. The molecule has 1 amide bonds. The van der Waals surface area contributed by atoms with Crippen LogP contribution in [-0.2, 0) is 11.3 Å². The molecule has 0 aromatic heterocycles. The lowest BCUT2D eigenvalue weighted by Gasteiger charge is -2.42. The van der Waals surface area contributed by atoms with Crippen LogP contribution in [0.15, 0.2) is 12.1 Å². The van der Waals surface area contributed by atoms with Gasteiger partial charge in [0.1, 0.15) is 6.04 Å². The minimum Gasteiger partial charge on any atom is -0.505 e. The summed E-state index contributed by atoms with van der Waals surface area (Å²) in [6.07, 6.45) is 3.81. The number of carboxylic acid groups (broad SMARTS) is 1. The van der Waals surface area contributed by atoms with Gasteiger partial charge in [0.2, 0.25) is 0 Å². The number of halogens is 1. The summed E-state index contributed by atoms with van der Waals surface area (Å²) >= 11 is 0. The Morgan fingerprint density at radius 1 is 1.27 bits per heavy atom. The molecule has 1 atom stereocenters. The van der Waals surface area contributed by atoms with Crippen LogP contribution in [0, 0.1) is 23.6 Å². The van der Waals surface area contributed by atoms with Crippen molar-refractivity contribution in [2.75, 3.05) is 6.54 Å². The molecule has 2 aliphatic rings. The third-order valence-electron chi connectivity index (χ3n) is 6.88. The van der Waals surface area contributed by atoms with E-state index in [1.807, 2.05) is 13.8 Å². The highest BCUT2D eigenvalue weighted by atomic mass is 19.1. The monoisotopic (exact) mass is 420 g/mol. The predicted molar refractivity (Wildman–Crippen MR) is 112 cm³/mol. The van der Waals surface area contributed by atoms with Gasteiger partial charge in [0.15, 0.2) is 11.6 Å². The fourth-order valence-electron chi connectivity index (χ4n) is 4.96. The zero-order valence-electron chi connectivity index (χ0n) is 18.2. The van der Waals surface area contributed by atoms with Crippen LogP contribution >= 0.6 is 0 Å². The van der Waals surface area contributed by atoms with Gasteiger partial charge >= 0.3 is 5.97 Å². The van der Waals surface area contributed by atoms with Crippen molar-refractivity contribution >= 4 is 11.9 Å². The quantitative estimate of drug-likeness (QED) is 0.625. The van der Waals surface area contributed by atoms with Crippen molar-refractivity contribution in [2.45, 2.75) is 71.5 Å². The van der Waals surface area contributed by atoms with Crippen LogP contribution in [0.2, 0.25) is 0 Å². The minimum absolute atomic E-state index is 0.000701. The van der Waals surface area contributed by atoms with Gasteiger partial charge in [0, 0.05) is 18.6 Å². The van der Waals surface area contributed by atoms with Gasteiger partial charge in [-0.15, -0.1) is 0 Å². The molecule has 1 heterocycles. The molecule has 30 heavy (non-hydrogen) atoms. The van der Waals surface area contributed by atoms with Gasteiger partial charge in [-0.1, -0.05) is 19.9 Å². The number of rotatable bonds is 7. The Kier molecular flexibility index (Phi) is 6.41. The number of carboxylic acids is 1. The van der Waals surface area contributed by atoms with Gasteiger partial charge in [-0.05, 0) is 68.9 Å². The number of nitrogens with one attached hydrogen (secondary N) is 1. The van der Waals surface area contributed by atoms with Gasteiger partial charge < -0.3 is 15.1 Å². The first kappa shape index (κ1) is 22.5. The van der Waals surface area contributed by atoms with Crippen LogP contribution in [0.5, 0.6) is 5.75 Å². The lowest BCUT2D eigenvalue weighted by molar-refractivity contribution is -0.141. The fraction of sp³-hybridized carbons (Fsp3) is 0.652. The number of nitrogens with zero attached hydrogens (tertiary/aromatic N) is 1. The smallest absolute Gasteiger partial charge is 0.320 e. The molecule has 7 heteroatoms. The second-order valence-corrected chi connectivity index (χ2v) is 9.76. The average molecular weight is 421 g/mol. The Bertz CT molecular complexity index is 816. The maximum atomic E-state index is 14.2. The second-order valence-electron chi connectivity index (χ2n) is 9.76. The van der Waals surface area contributed by atoms with Gasteiger partial charge in [-0.25, -0.2) is 4.39 Å². The molecule has 3 rings (SSSR count). The molecule has 1 aliphatic carbocycles. The maximum Gasteiger partial charge on any atom is 0.320 e. The molecule has 1 aliphatic heterocycles. The lowest BCUT2D eigenvalue weighted by Crippen LogP contribution is -2.56. The third-order valence-corrected chi connectivity index (χ3v) is 6.88. The number of amides is 1. The van der Waals surface area contributed by atoms with Crippen LogP contribution < -0.4 is 5.32 Å². The van der Waals surface area contributed by atoms with Gasteiger partial charge in [0.25, 0.3) is 5.91 Å². The molecule has 1 saturated carbocycles. The molecule has 1 fully saturated rings. The molecule has 0 spiro atoms. The number of carbonyl (C=O) groups is 2. The van der Waals surface area contributed by atoms with Crippen molar-refractivity contribution in [1.82, 2.24) is 10.2 Å². The topological polar surface area (TPSA) is 89.9 Å². The standard InChI is InChI=1S/C23H33FN2O4/c1-13(2)20(22(29)30)25-23(3,4)16-8-5-14(6-9-16)11-26-12-15-7-10-17(27)19(24)18(15)21(26)28/h7,10,13-14,16,20,25,27H,5-6,8-9,11-12H2,1-4H3,(H,29,30)/t14?,16?,20-/m1/s1. The van der Waals surface area contributed by atoms with Gasteiger partial charge in [-0.2, -0.15) is 0 Å². The normalized spacial score (nSPS) is 23.0. The second kappa shape index (κ2) is 8.53. The number of benzene rings is 1. The van der Waals surface area contributed by atoms with Crippen molar-refractivity contribution in [3.8, 4) is 5.75 Å². The predicted octanol–water partition coefficient (Wildman–Crippen LogP) is 3.77. The van der Waals surface area contributed by atoms with E-state index in [9.17, 15) is 24.2 Å². The van der Waals surface area contributed by atoms with E-state index in [0.717, 1.165) is 25.7 Å². The van der Waals surface area contributed by atoms with Crippen molar-refractivity contribution in [2.24, 2.45) is 17.8 Å². The van der Waals surface area contributed by atoms with Crippen LogP contribution in [-0.4, -0.2) is 45.1 Å². The van der Waals surface area contributed by atoms with Crippen LogP contribution in [0.4, 0.5) is 4.39 Å². The van der Waals surface area contributed by atoms with Crippen molar-refractivity contribution < 1.29 is 24.2 Å². The Balaban J connectivity index is 1.57. The summed E-state index contributed by atoms with van der Waals surface area (Å²) < 4.78 is 14.2. The molecular formula is C23H33FN2O4. The first-order valence-electron chi connectivity index (χ1n) is 10.8. The molecule has 3 N–H and O–H groups in total. The largest absolute Gasteiger partial charge is 0.505 e. The van der Waals surface area contributed by atoms with E-state index in [2.05, 4.69) is 19.2 Å². The number of aliphatic carboxylic acids is 1. The average Bonchev–Trinajstić information content (AvgIpc) is 2.99. The van der Waals surface area contributed by atoms with E-state index < -0.39 is 23.6 Å².